The van der Waals surface area contributed by atoms with Crippen LogP contribution in [0.2, 0.25) is 0 Å². The predicted molar refractivity (Wildman–Crippen MR) is 153 cm³/mol. The van der Waals surface area contributed by atoms with Gasteiger partial charge >= 0.3 is 0 Å². The number of hydrogen-bond donors (Lipinski definition) is 4. The zero-order valence-electron chi connectivity index (χ0n) is 24.9. The number of likely N-dealkylation sites (tertiary alicyclic amines) is 2. The summed E-state index contributed by atoms with van der Waals surface area (Å²) in [6.07, 6.45) is 1.20. The van der Waals surface area contributed by atoms with E-state index in [1.165, 1.54) is 0 Å². The average molecular weight is 568 g/mol. The topological polar surface area (TPSA) is 132 Å². The monoisotopic (exact) mass is 567 g/mol. The quantitative estimate of drug-likeness (QED) is 0.209. The molecule has 4 fully saturated rings. The van der Waals surface area contributed by atoms with E-state index in [1.807, 2.05) is 35.1 Å². The zero-order chi connectivity index (χ0) is 29.0. The van der Waals surface area contributed by atoms with E-state index in [2.05, 4.69) is 15.5 Å². The van der Waals surface area contributed by atoms with Crippen LogP contribution in [-0.2, 0) is 14.3 Å². The van der Waals surface area contributed by atoms with Crippen LogP contribution in [0.1, 0.15) is 46.5 Å². The fourth-order valence-corrected chi connectivity index (χ4v) is 6.98. The number of amides is 2. The Kier molecular flexibility index (Phi) is 10.9. The lowest BCUT2D eigenvalue weighted by Crippen LogP contribution is -2.68. The van der Waals surface area contributed by atoms with Gasteiger partial charge in [-0.1, -0.05) is 13.8 Å². The molecular formula is C28H52FN8O3+. The summed E-state index contributed by atoms with van der Waals surface area (Å²) >= 11 is 0. The van der Waals surface area contributed by atoms with Crippen molar-refractivity contribution < 1.29 is 23.3 Å². The fourth-order valence-electron chi connectivity index (χ4n) is 6.98. The van der Waals surface area contributed by atoms with E-state index >= 15 is 0 Å². The second kappa shape index (κ2) is 14.0. The molecule has 0 bridgehead atoms. The summed E-state index contributed by atoms with van der Waals surface area (Å²) in [7, 11) is 1.69. The zero-order valence-corrected chi connectivity index (χ0v) is 24.9. The number of carbonyl (C=O) groups is 2. The summed E-state index contributed by atoms with van der Waals surface area (Å²) in [6, 6.07) is 0.0616. The van der Waals surface area contributed by atoms with Crippen molar-refractivity contribution in [2.45, 2.75) is 83.1 Å². The van der Waals surface area contributed by atoms with Gasteiger partial charge in [-0.05, 0) is 38.9 Å². The molecule has 0 aromatic rings. The number of ether oxygens (including phenoxy) is 1. The third kappa shape index (κ3) is 6.84. The van der Waals surface area contributed by atoms with E-state index in [9.17, 15) is 14.0 Å². The Morgan fingerprint density at radius 1 is 1.15 bits per heavy atom. The number of alkyl halides is 1. The molecule has 4 aliphatic rings. The van der Waals surface area contributed by atoms with Gasteiger partial charge in [0.05, 0.1) is 18.3 Å². The lowest BCUT2D eigenvalue weighted by atomic mass is 9.89. The first-order valence-electron chi connectivity index (χ1n) is 15.2. The van der Waals surface area contributed by atoms with Gasteiger partial charge in [0.15, 0.2) is 18.4 Å². The van der Waals surface area contributed by atoms with Gasteiger partial charge in [-0.2, -0.15) is 0 Å². The number of piperidine rings is 2. The molecule has 12 heteroatoms. The van der Waals surface area contributed by atoms with Gasteiger partial charge in [-0.3, -0.25) is 14.5 Å². The summed E-state index contributed by atoms with van der Waals surface area (Å²) < 4.78 is 22.0. The lowest BCUT2D eigenvalue weighted by molar-refractivity contribution is -0.617. The van der Waals surface area contributed by atoms with Crippen molar-refractivity contribution >= 4 is 17.5 Å². The standard InChI is InChI=1S/C28H51FN8O3/c1-5-18(3)37-15-20(29)14-34(6-2)27(37)24(25(30)31)26(38)33-22-13-32-10-7-23(22)35-11-8-19(9-12-35)28(39)36-16-21(17-36)40-4/h19-25,27,32H,5-17,30-31H2,1-4H3/p+1. The first kappa shape index (κ1) is 31.2. The molecule has 2 amide bonds. The van der Waals surface area contributed by atoms with Crippen LogP contribution in [0.25, 0.3) is 0 Å². The molecule has 5 unspecified atom stereocenters. The maximum Gasteiger partial charge on any atom is 0.234 e. The van der Waals surface area contributed by atoms with E-state index in [0.29, 0.717) is 26.2 Å². The molecular weight excluding hydrogens is 515 g/mol. The Labute approximate surface area is 238 Å². The lowest BCUT2D eigenvalue weighted by Gasteiger charge is -2.46. The Bertz CT molecular complexity index is 906. The van der Waals surface area contributed by atoms with Crippen molar-refractivity contribution in [3.63, 3.8) is 0 Å². The van der Waals surface area contributed by atoms with Gasteiger partial charge in [0.25, 0.3) is 0 Å². The second-order valence-electron chi connectivity index (χ2n) is 12.0. The first-order chi connectivity index (χ1) is 19.2. The molecule has 5 atom stereocenters. The smallest absolute Gasteiger partial charge is 0.234 e. The van der Waals surface area contributed by atoms with Crippen LogP contribution in [0.15, 0.2) is 0 Å². The number of halogens is 1. The van der Waals surface area contributed by atoms with Crippen molar-refractivity contribution in [1.82, 2.24) is 25.3 Å². The Morgan fingerprint density at radius 2 is 1.85 bits per heavy atom. The molecule has 6 N–H and O–H groups in total. The summed E-state index contributed by atoms with van der Waals surface area (Å²) in [6.45, 7) is 11.7. The van der Waals surface area contributed by atoms with Crippen LogP contribution in [-0.4, -0.2) is 140 Å². The predicted octanol–water partition coefficient (Wildman–Crippen LogP) is -0.855. The second-order valence-corrected chi connectivity index (χ2v) is 12.0. The van der Waals surface area contributed by atoms with E-state index in [0.717, 1.165) is 51.0 Å². The average Bonchev–Trinajstić information content (AvgIpc) is 2.92. The van der Waals surface area contributed by atoms with E-state index in [4.69, 9.17) is 16.2 Å². The first-order valence-corrected chi connectivity index (χ1v) is 15.2. The van der Waals surface area contributed by atoms with Crippen molar-refractivity contribution in [3.8, 4) is 0 Å². The van der Waals surface area contributed by atoms with Crippen molar-refractivity contribution in [1.29, 1.82) is 0 Å². The van der Waals surface area contributed by atoms with Crippen molar-refractivity contribution in [2.24, 2.45) is 23.3 Å². The molecule has 0 aliphatic carbocycles. The summed E-state index contributed by atoms with van der Waals surface area (Å²) in [4.78, 5) is 33.2. The highest BCUT2D eigenvalue weighted by atomic mass is 19.1. The number of hydrogen-bond acceptors (Lipinski definition) is 8. The van der Waals surface area contributed by atoms with Gasteiger partial charge in [-0.25, -0.2) is 13.9 Å². The highest BCUT2D eigenvalue weighted by molar-refractivity contribution is 5.81. The molecule has 0 aromatic carbocycles. The Hall–Kier alpha value is -1.70. The largest absolute Gasteiger partial charge is 0.378 e. The van der Waals surface area contributed by atoms with Crippen LogP contribution in [0.3, 0.4) is 0 Å². The maximum absolute atomic E-state index is 14.7. The van der Waals surface area contributed by atoms with Gasteiger partial charge < -0.3 is 31.7 Å². The molecule has 0 saturated carbocycles. The minimum atomic E-state index is -1.00. The number of carbonyl (C=O) groups excluding carboxylic acids is 2. The van der Waals surface area contributed by atoms with Crippen LogP contribution in [0, 0.1) is 11.8 Å². The number of methoxy groups -OCH3 is 1. The van der Waals surface area contributed by atoms with Crippen LogP contribution in [0.5, 0.6) is 0 Å². The van der Waals surface area contributed by atoms with Crippen LogP contribution >= 0.6 is 0 Å². The number of rotatable bonds is 9. The molecule has 4 rings (SSSR count). The van der Waals surface area contributed by atoms with Crippen LogP contribution in [0.4, 0.5) is 4.39 Å². The van der Waals surface area contributed by atoms with E-state index in [1.54, 1.807) is 7.11 Å². The van der Waals surface area contributed by atoms with Gasteiger partial charge in [0, 0.05) is 65.1 Å². The fraction of sp³-hybridized carbons (Fsp3) is 0.893. The summed E-state index contributed by atoms with van der Waals surface area (Å²) in [5.74, 6) is -0.598. The molecule has 40 heavy (non-hydrogen) atoms. The summed E-state index contributed by atoms with van der Waals surface area (Å²) in [5.41, 5.74) is 13.6. The molecule has 4 saturated heterocycles. The SMILES string of the molecule is CCC(C)=[N+]1CC(F)CN(CC)C1C(C(=O)NC1CNCCC1N1CCC(C(=O)N2CC(OC)C2)CC1)C(N)N. The molecule has 0 radical (unpaired) electrons. The minimum absolute atomic E-state index is 0.0538. The molecule has 0 spiro atoms. The minimum Gasteiger partial charge on any atom is -0.378 e. The third-order valence-electron chi connectivity index (χ3n) is 9.58. The molecule has 0 aromatic heterocycles. The maximum atomic E-state index is 14.7. The number of nitrogens with two attached hydrogens (primary N) is 2. The van der Waals surface area contributed by atoms with E-state index in [-0.39, 0.29) is 49.0 Å². The molecule has 4 heterocycles. The van der Waals surface area contributed by atoms with Crippen molar-refractivity contribution in [3.05, 3.63) is 0 Å². The highest BCUT2D eigenvalue weighted by Gasteiger charge is 2.49. The Balaban J connectivity index is 1.43. The number of nitrogens with one attached hydrogen (secondary N) is 2. The Morgan fingerprint density at radius 3 is 2.45 bits per heavy atom. The normalized spacial score (nSPS) is 31.6. The number of nitrogens with zero attached hydrogens (tertiary/aromatic N) is 4. The van der Waals surface area contributed by atoms with Gasteiger partial charge in [0.1, 0.15) is 5.92 Å². The van der Waals surface area contributed by atoms with E-state index < -0.39 is 24.4 Å². The molecule has 11 nitrogen and oxygen atoms in total. The highest BCUT2D eigenvalue weighted by Crippen LogP contribution is 2.27. The third-order valence-corrected chi connectivity index (χ3v) is 9.58. The van der Waals surface area contributed by atoms with Gasteiger partial charge in [0.2, 0.25) is 18.0 Å². The molecule has 228 valence electrons. The van der Waals surface area contributed by atoms with Crippen molar-refractivity contribution in [2.75, 3.05) is 66.0 Å². The van der Waals surface area contributed by atoms with Gasteiger partial charge in [-0.15, -0.1) is 0 Å². The van der Waals surface area contributed by atoms with Crippen LogP contribution < -0.4 is 22.1 Å². The summed E-state index contributed by atoms with van der Waals surface area (Å²) in [5, 5.41) is 6.75. The molecule has 4 aliphatic heterocycles.